The van der Waals surface area contributed by atoms with Crippen LogP contribution in [-0.4, -0.2) is 36.3 Å². The third kappa shape index (κ3) is 3.89. The minimum absolute atomic E-state index is 0.325. The number of rotatable bonds is 6. The van der Waals surface area contributed by atoms with Gasteiger partial charge in [0.05, 0.1) is 12.2 Å². The molecule has 0 atom stereocenters. The molecule has 4 nitrogen and oxygen atoms in total. The molecule has 0 radical (unpaired) electrons. The summed E-state index contributed by atoms with van der Waals surface area (Å²) in [6.07, 6.45) is 0.0867. The lowest BCUT2D eigenvalue weighted by atomic mass is 10.3. The van der Waals surface area contributed by atoms with Crippen LogP contribution in [0.5, 0.6) is 0 Å². The molecule has 1 heterocycles. The molecule has 94 valence electrons. The fraction of sp³-hybridized carbons (Fsp3) is 0.636. The fourth-order valence-corrected chi connectivity index (χ4v) is 1.49. The Kier molecular flexibility index (Phi) is 3.83. The Hall–Kier alpha value is -1.30. The first-order valence-electron chi connectivity index (χ1n) is 5.70. The average Bonchev–Trinajstić information content (AvgIpc) is 3.10. The predicted octanol–water partition coefficient (Wildman–Crippen LogP) is 1.43. The van der Waals surface area contributed by atoms with E-state index in [1.54, 1.807) is 13.1 Å². The second kappa shape index (κ2) is 5.35. The minimum atomic E-state index is -2.36. The average molecular weight is 242 g/mol. The molecule has 6 heteroatoms. The lowest BCUT2D eigenvalue weighted by Crippen LogP contribution is -2.25. The van der Waals surface area contributed by atoms with Crippen LogP contribution in [0.3, 0.4) is 0 Å². The van der Waals surface area contributed by atoms with Gasteiger partial charge in [0.25, 0.3) is 6.43 Å². The molecule has 1 aromatic rings. The smallest absolute Gasteiger partial charge is 0.255 e. The van der Waals surface area contributed by atoms with Gasteiger partial charge in [-0.25, -0.2) is 8.78 Å². The minimum Gasteiger partial charge on any atom is -0.352 e. The molecule has 1 fully saturated rings. The van der Waals surface area contributed by atoms with Crippen LogP contribution in [0.1, 0.15) is 18.5 Å². The maximum Gasteiger partial charge on any atom is 0.255 e. The van der Waals surface area contributed by atoms with Crippen LogP contribution in [-0.2, 0) is 6.54 Å². The predicted molar refractivity (Wildman–Crippen MR) is 61.2 cm³/mol. The van der Waals surface area contributed by atoms with E-state index in [0.29, 0.717) is 18.4 Å². The second-order valence-electron chi connectivity index (χ2n) is 4.31. The summed E-state index contributed by atoms with van der Waals surface area (Å²) in [5, 5.41) is 11.3. The van der Waals surface area contributed by atoms with Gasteiger partial charge in [0.2, 0.25) is 0 Å². The van der Waals surface area contributed by atoms with Crippen LogP contribution < -0.4 is 10.2 Å². The molecular weight excluding hydrogens is 226 g/mol. The van der Waals surface area contributed by atoms with E-state index in [1.807, 2.05) is 6.07 Å². The van der Waals surface area contributed by atoms with Gasteiger partial charge in [-0.1, -0.05) is 0 Å². The third-order valence-electron chi connectivity index (χ3n) is 2.66. The maximum absolute atomic E-state index is 12.2. The highest BCUT2D eigenvalue weighted by molar-refractivity contribution is 5.36. The SMILES string of the molecule is CN(CC(F)F)c1ccc(CNC2CC2)nn1. The summed E-state index contributed by atoms with van der Waals surface area (Å²) >= 11 is 0. The molecule has 1 aliphatic rings. The first-order chi connectivity index (χ1) is 8.15. The van der Waals surface area contributed by atoms with E-state index in [4.69, 9.17) is 0 Å². The van der Waals surface area contributed by atoms with Crippen LogP contribution in [0.4, 0.5) is 14.6 Å². The highest BCUT2D eigenvalue weighted by atomic mass is 19.3. The van der Waals surface area contributed by atoms with Gasteiger partial charge < -0.3 is 10.2 Å². The number of hydrogen-bond acceptors (Lipinski definition) is 4. The van der Waals surface area contributed by atoms with Crippen molar-refractivity contribution in [1.82, 2.24) is 15.5 Å². The Morgan fingerprint density at radius 1 is 1.41 bits per heavy atom. The molecule has 17 heavy (non-hydrogen) atoms. The molecule has 0 saturated heterocycles. The van der Waals surface area contributed by atoms with Gasteiger partial charge in [0, 0.05) is 19.6 Å². The molecule has 2 rings (SSSR count). The summed E-state index contributed by atoms with van der Waals surface area (Å²) in [5.74, 6) is 0.473. The molecule has 1 saturated carbocycles. The lowest BCUT2D eigenvalue weighted by molar-refractivity contribution is 0.156. The monoisotopic (exact) mass is 242 g/mol. The number of anilines is 1. The molecule has 0 unspecified atom stereocenters. The number of halogens is 2. The summed E-state index contributed by atoms with van der Waals surface area (Å²) < 4.78 is 24.3. The van der Waals surface area contributed by atoms with E-state index in [0.717, 1.165) is 5.69 Å². The van der Waals surface area contributed by atoms with Crippen molar-refractivity contribution in [2.24, 2.45) is 0 Å². The summed E-state index contributed by atoms with van der Waals surface area (Å²) in [6.45, 7) is 0.366. The van der Waals surface area contributed by atoms with Gasteiger partial charge in [-0.2, -0.15) is 5.10 Å². The zero-order valence-corrected chi connectivity index (χ0v) is 9.74. The van der Waals surface area contributed by atoms with Crippen molar-refractivity contribution in [3.05, 3.63) is 17.8 Å². The second-order valence-corrected chi connectivity index (χ2v) is 4.31. The fourth-order valence-electron chi connectivity index (χ4n) is 1.49. The quantitative estimate of drug-likeness (QED) is 0.819. The maximum atomic E-state index is 12.2. The van der Waals surface area contributed by atoms with Crippen molar-refractivity contribution < 1.29 is 8.78 Å². The molecule has 1 aliphatic carbocycles. The lowest BCUT2D eigenvalue weighted by Gasteiger charge is -2.16. The molecule has 0 aliphatic heterocycles. The van der Waals surface area contributed by atoms with E-state index in [1.165, 1.54) is 17.7 Å². The summed E-state index contributed by atoms with van der Waals surface area (Å²) in [4.78, 5) is 1.40. The molecule has 1 aromatic heterocycles. The van der Waals surface area contributed by atoms with Gasteiger partial charge in [-0.3, -0.25) is 0 Å². The van der Waals surface area contributed by atoms with E-state index < -0.39 is 6.43 Å². The van der Waals surface area contributed by atoms with Crippen molar-refractivity contribution in [3.8, 4) is 0 Å². The zero-order valence-electron chi connectivity index (χ0n) is 9.74. The van der Waals surface area contributed by atoms with Crippen molar-refractivity contribution in [2.75, 3.05) is 18.5 Å². The molecule has 0 amide bonds. The molecule has 0 spiro atoms. The molecule has 0 bridgehead atoms. The Morgan fingerprint density at radius 2 is 2.18 bits per heavy atom. The van der Waals surface area contributed by atoms with Crippen molar-refractivity contribution in [2.45, 2.75) is 31.9 Å². The number of aromatic nitrogens is 2. The van der Waals surface area contributed by atoms with Gasteiger partial charge in [0.1, 0.15) is 0 Å². The summed E-state index contributed by atoms with van der Waals surface area (Å²) in [7, 11) is 1.58. The Bertz CT molecular complexity index is 351. The number of alkyl halides is 2. The van der Waals surface area contributed by atoms with E-state index in [9.17, 15) is 8.78 Å². The standard InChI is InChI=1S/C11H16F2N4/c1-17(7-10(12)13)11-5-4-9(15-16-11)6-14-8-2-3-8/h4-5,8,10,14H,2-3,6-7H2,1H3. The van der Waals surface area contributed by atoms with Crippen molar-refractivity contribution >= 4 is 5.82 Å². The largest absolute Gasteiger partial charge is 0.352 e. The number of nitrogens with one attached hydrogen (secondary N) is 1. The van der Waals surface area contributed by atoms with E-state index in [-0.39, 0.29) is 6.54 Å². The summed E-state index contributed by atoms with van der Waals surface area (Å²) in [5.41, 5.74) is 0.839. The number of nitrogens with zero attached hydrogens (tertiary/aromatic N) is 3. The molecule has 0 aromatic carbocycles. The molecular formula is C11H16F2N4. The molecule has 1 N–H and O–H groups in total. The first-order valence-corrected chi connectivity index (χ1v) is 5.70. The zero-order chi connectivity index (χ0) is 12.3. The topological polar surface area (TPSA) is 41.0 Å². The van der Waals surface area contributed by atoms with Crippen LogP contribution >= 0.6 is 0 Å². The van der Waals surface area contributed by atoms with Gasteiger partial charge >= 0.3 is 0 Å². The van der Waals surface area contributed by atoms with E-state index in [2.05, 4.69) is 15.5 Å². The van der Waals surface area contributed by atoms with Gasteiger partial charge in [0.15, 0.2) is 5.82 Å². The normalized spacial score (nSPS) is 15.3. The first kappa shape index (κ1) is 12.2. The van der Waals surface area contributed by atoms with Gasteiger partial charge in [-0.05, 0) is 25.0 Å². The van der Waals surface area contributed by atoms with Crippen LogP contribution in [0.15, 0.2) is 12.1 Å². The third-order valence-corrected chi connectivity index (χ3v) is 2.66. The Labute approximate surface area is 99.0 Å². The van der Waals surface area contributed by atoms with E-state index >= 15 is 0 Å². The van der Waals surface area contributed by atoms with Gasteiger partial charge in [-0.15, -0.1) is 5.10 Å². The van der Waals surface area contributed by atoms with Crippen LogP contribution in [0.2, 0.25) is 0 Å². The van der Waals surface area contributed by atoms with Crippen LogP contribution in [0, 0.1) is 0 Å². The van der Waals surface area contributed by atoms with Crippen molar-refractivity contribution in [1.29, 1.82) is 0 Å². The Balaban J connectivity index is 1.87. The summed E-state index contributed by atoms with van der Waals surface area (Å²) in [6, 6.07) is 4.16. The Morgan fingerprint density at radius 3 is 2.71 bits per heavy atom. The van der Waals surface area contributed by atoms with Crippen LogP contribution in [0.25, 0.3) is 0 Å². The highest BCUT2D eigenvalue weighted by Gasteiger charge is 2.20. The van der Waals surface area contributed by atoms with Crippen molar-refractivity contribution in [3.63, 3.8) is 0 Å². The number of hydrogen-bond donors (Lipinski definition) is 1. The highest BCUT2D eigenvalue weighted by Crippen LogP contribution is 2.19.